The van der Waals surface area contributed by atoms with E-state index in [-0.39, 0.29) is 11.3 Å². The zero-order valence-electron chi connectivity index (χ0n) is 15.0. The summed E-state index contributed by atoms with van der Waals surface area (Å²) in [5, 5.41) is 11.3. The first kappa shape index (κ1) is 22.6. The van der Waals surface area contributed by atoms with Gasteiger partial charge < -0.3 is 10.4 Å². The number of carbonyl (C=O) groups excluding carboxylic acids is 1. The fourth-order valence-electron chi connectivity index (χ4n) is 2.85. The Morgan fingerprint density at radius 1 is 1.11 bits per heavy atom. The molecule has 2 N–H and O–H groups in total. The van der Waals surface area contributed by atoms with Gasteiger partial charge in [-0.15, -0.1) is 12.6 Å². The largest absolute Gasteiger partial charge is 0.396 e. The second kappa shape index (κ2) is 10.7. The third-order valence-corrected chi connectivity index (χ3v) is 5.26. The molecule has 1 aliphatic rings. The molecule has 8 heteroatoms. The molecule has 28 heavy (non-hydrogen) atoms. The first-order chi connectivity index (χ1) is 13.3. The standard InChI is InChI=1S/C13H7ClF3NOS.C7H14O/c14-8-2-1-6(3-11(8)20)13(19)18-7-4-9(15)12(17)10(16)5-7;8-6-7-4-2-1-3-5-7/h1-5,20H,(H,18,19);7-8H,1-6H2. The lowest BCUT2D eigenvalue weighted by Gasteiger charge is -2.18. The summed E-state index contributed by atoms with van der Waals surface area (Å²) in [7, 11) is 0. The van der Waals surface area contributed by atoms with Crippen LogP contribution in [0.15, 0.2) is 35.2 Å². The molecule has 0 saturated heterocycles. The van der Waals surface area contributed by atoms with Crippen LogP contribution in [0.3, 0.4) is 0 Å². The summed E-state index contributed by atoms with van der Waals surface area (Å²) in [6.45, 7) is 0.417. The number of carbonyl (C=O) groups is 1. The van der Waals surface area contributed by atoms with Crippen molar-refractivity contribution in [3.63, 3.8) is 0 Å². The molecule has 0 heterocycles. The minimum atomic E-state index is -1.59. The van der Waals surface area contributed by atoms with Gasteiger partial charge in [0.25, 0.3) is 5.91 Å². The highest BCUT2D eigenvalue weighted by atomic mass is 35.5. The van der Waals surface area contributed by atoms with Crippen molar-refractivity contribution in [3.8, 4) is 0 Å². The molecule has 0 bridgehead atoms. The minimum absolute atomic E-state index is 0.193. The minimum Gasteiger partial charge on any atom is -0.396 e. The third kappa shape index (κ3) is 6.43. The number of aliphatic hydroxyl groups is 1. The monoisotopic (exact) mass is 431 g/mol. The first-order valence-corrected chi connectivity index (χ1v) is 9.69. The summed E-state index contributed by atoms with van der Waals surface area (Å²) >= 11 is 9.81. The number of amides is 1. The molecule has 3 nitrogen and oxygen atoms in total. The molecule has 152 valence electrons. The fraction of sp³-hybridized carbons (Fsp3) is 0.350. The van der Waals surface area contributed by atoms with E-state index in [0.29, 0.717) is 34.6 Å². The normalized spacial score (nSPS) is 14.2. The van der Waals surface area contributed by atoms with Gasteiger partial charge >= 0.3 is 0 Å². The molecule has 1 fully saturated rings. The predicted molar refractivity (Wildman–Crippen MR) is 107 cm³/mol. The maximum atomic E-state index is 13.0. The Hall–Kier alpha value is -1.70. The van der Waals surface area contributed by atoms with E-state index in [4.69, 9.17) is 16.7 Å². The van der Waals surface area contributed by atoms with Crippen LogP contribution in [0, 0.1) is 23.4 Å². The van der Waals surface area contributed by atoms with Gasteiger partial charge in [0.05, 0.1) is 5.02 Å². The topological polar surface area (TPSA) is 49.3 Å². The van der Waals surface area contributed by atoms with E-state index in [9.17, 15) is 18.0 Å². The van der Waals surface area contributed by atoms with Crippen LogP contribution in [-0.4, -0.2) is 17.6 Å². The Bertz CT molecular complexity index is 806. The van der Waals surface area contributed by atoms with Gasteiger partial charge in [0.15, 0.2) is 17.5 Å². The van der Waals surface area contributed by atoms with E-state index in [2.05, 4.69) is 17.9 Å². The molecular formula is C20H21ClF3NO2S. The van der Waals surface area contributed by atoms with E-state index in [1.807, 2.05) is 0 Å². The van der Waals surface area contributed by atoms with Crippen molar-refractivity contribution < 1.29 is 23.1 Å². The maximum Gasteiger partial charge on any atom is 0.255 e. The average Bonchev–Trinajstić information content (AvgIpc) is 2.69. The summed E-state index contributed by atoms with van der Waals surface area (Å²) in [4.78, 5) is 12.2. The summed E-state index contributed by atoms with van der Waals surface area (Å²) in [6, 6.07) is 5.66. The lowest BCUT2D eigenvalue weighted by molar-refractivity contribution is 0.102. The molecule has 2 aromatic rings. The highest BCUT2D eigenvalue weighted by molar-refractivity contribution is 7.80. The number of aliphatic hydroxyl groups excluding tert-OH is 1. The Morgan fingerprint density at radius 3 is 2.21 bits per heavy atom. The van der Waals surface area contributed by atoms with Crippen molar-refractivity contribution in [3.05, 3.63) is 58.4 Å². The Morgan fingerprint density at radius 2 is 1.71 bits per heavy atom. The van der Waals surface area contributed by atoms with Crippen LogP contribution < -0.4 is 5.32 Å². The van der Waals surface area contributed by atoms with Crippen LogP contribution in [-0.2, 0) is 0 Å². The molecule has 0 aromatic heterocycles. The van der Waals surface area contributed by atoms with E-state index < -0.39 is 23.4 Å². The molecule has 1 aliphatic carbocycles. The number of anilines is 1. The van der Waals surface area contributed by atoms with Crippen LogP contribution in [0.2, 0.25) is 5.02 Å². The molecule has 3 rings (SSSR count). The third-order valence-electron chi connectivity index (χ3n) is 4.43. The Kier molecular flexibility index (Phi) is 8.66. The highest BCUT2D eigenvalue weighted by Gasteiger charge is 2.14. The predicted octanol–water partition coefficient (Wildman–Crippen LogP) is 5.86. The van der Waals surface area contributed by atoms with E-state index in [1.54, 1.807) is 0 Å². The maximum absolute atomic E-state index is 13.0. The SMILES string of the molecule is O=C(Nc1cc(F)c(F)c(F)c1)c1ccc(Cl)c(S)c1.OCC1CCCCC1. The van der Waals surface area contributed by atoms with Gasteiger partial charge in [0.2, 0.25) is 0 Å². The van der Waals surface area contributed by atoms with Crippen molar-refractivity contribution in [2.75, 3.05) is 11.9 Å². The van der Waals surface area contributed by atoms with Gasteiger partial charge in [-0.3, -0.25) is 4.79 Å². The van der Waals surface area contributed by atoms with E-state index >= 15 is 0 Å². The van der Waals surface area contributed by atoms with Gasteiger partial charge in [-0.05, 0) is 37.0 Å². The molecular weight excluding hydrogens is 411 g/mol. The summed E-state index contributed by atoms with van der Waals surface area (Å²) < 4.78 is 38.8. The summed E-state index contributed by atoms with van der Waals surface area (Å²) in [5.74, 6) is -4.34. The molecule has 0 aliphatic heterocycles. The van der Waals surface area contributed by atoms with Crippen LogP contribution in [0.5, 0.6) is 0 Å². The fourth-order valence-corrected chi connectivity index (χ4v) is 3.19. The number of rotatable bonds is 3. The average molecular weight is 432 g/mol. The number of nitrogens with one attached hydrogen (secondary N) is 1. The molecule has 0 unspecified atom stereocenters. The smallest absolute Gasteiger partial charge is 0.255 e. The highest BCUT2D eigenvalue weighted by Crippen LogP contribution is 2.23. The number of hydrogen-bond acceptors (Lipinski definition) is 3. The van der Waals surface area contributed by atoms with Gasteiger partial charge in [-0.2, -0.15) is 0 Å². The number of thiol groups is 1. The van der Waals surface area contributed by atoms with Crippen LogP contribution in [0.25, 0.3) is 0 Å². The lowest BCUT2D eigenvalue weighted by Crippen LogP contribution is -2.12. The molecule has 1 saturated carbocycles. The number of halogens is 4. The van der Waals surface area contributed by atoms with Crippen molar-refractivity contribution in [2.45, 2.75) is 37.0 Å². The van der Waals surface area contributed by atoms with Gasteiger partial charge in [-0.1, -0.05) is 30.9 Å². The van der Waals surface area contributed by atoms with Gasteiger partial charge in [0.1, 0.15) is 0 Å². The van der Waals surface area contributed by atoms with Crippen molar-refractivity contribution >= 4 is 35.8 Å². The molecule has 1 amide bonds. The van der Waals surface area contributed by atoms with E-state index in [0.717, 1.165) is 0 Å². The number of hydrogen-bond donors (Lipinski definition) is 3. The number of benzene rings is 2. The van der Waals surface area contributed by atoms with Crippen LogP contribution in [0.4, 0.5) is 18.9 Å². The Balaban J connectivity index is 0.000000292. The molecule has 0 radical (unpaired) electrons. The van der Waals surface area contributed by atoms with Gasteiger partial charge in [0, 0.05) is 34.9 Å². The molecule has 2 aromatic carbocycles. The molecule has 0 atom stereocenters. The summed E-state index contributed by atoms with van der Waals surface area (Å²) in [5.41, 5.74) is 0.00612. The van der Waals surface area contributed by atoms with Gasteiger partial charge in [-0.25, -0.2) is 13.2 Å². The van der Waals surface area contributed by atoms with Crippen LogP contribution >= 0.6 is 24.2 Å². The zero-order chi connectivity index (χ0) is 20.7. The van der Waals surface area contributed by atoms with Crippen LogP contribution in [0.1, 0.15) is 42.5 Å². The molecule has 0 spiro atoms. The van der Waals surface area contributed by atoms with Crippen molar-refractivity contribution in [2.24, 2.45) is 5.92 Å². The van der Waals surface area contributed by atoms with Crippen molar-refractivity contribution in [1.82, 2.24) is 0 Å². The quantitative estimate of drug-likeness (QED) is 0.421. The zero-order valence-corrected chi connectivity index (χ0v) is 16.7. The second-order valence-electron chi connectivity index (χ2n) is 6.56. The van der Waals surface area contributed by atoms with E-state index in [1.165, 1.54) is 50.3 Å². The second-order valence-corrected chi connectivity index (χ2v) is 7.45. The first-order valence-electron chi connectivity index (χ1n) is 8.87. The Labute approximate surface area is 172 Å². The van der Waals surface area contributed by atoms with Crippen molar-refractivity contribution in [1.29, 1.82) is 0 Å². The lowest BCUT2D eigenvalue weighted by atomic mass is 9.90. The summed E-state index contributed by atoms with van der Waals surface area (Å²) in [6.07, 6.45) is 6.58.